The molecule has 7 nitrogen and oxygen atoms in total. The van der Waals surface area contributed by atoms with Crippen molar-refractivity contribution in [2.45, 2.75) is 6.04 Å². The molecule has 0 spiro atoms. The summed E-state index contributed by atoms with van der Waals surface area (Å²) in [5.74, 6) is 0.848. The van der Waals surface area contributed by atoms with Crippen molar-refractivity contribution in [3.63, 3.8) is 0 Å². The van der Waals surface area contributed by atoms with Crippen LogP contribution in [0.15, 0.2) is 18.3 Å². The van der Waals surface area contributed by atoms with Crippen LogP contribution in [0, 0.1) is 0 Å². The molecule has 1 aromatic rings. The number of aromatic nitrogens is 3. The lowest BCUT2D eigenvalue weighted by atomic mass is 10.2. The maximum atomic E-state index is 11.5. The van der Waals surface area contributed by atoms with E-state index < -0.39 is 9.84 Å². The summed E-state index contributed by atoms with van der Waals surface area (Å²) >= 11 is 0. The maximum absolute atomic E-state index is 11.5. The first-order valence-electron chi connectivity index (χ1n) is 6.04. The van der Waals surface area contributed by atoms with Crippen molar-refractivity contribution in [2.24, 2.45) is 7.05 Å². The van der Waals surface area contributed by atoms with E-state index in [0.29, 0.717) is 26.3 Å². The Balaban J connectivity index is 2.09. The molecule has 1 saturated heterocycles. The Kier molecular flexibility index (Phi) is 4.33. The minimum absolute atomic E-state index is 0.0544. The van der Waals surface area contributed by atoms with E-state index in [0.717, 1.165) is 11.2 Å². The van der Waals surface area contributed by atoms with Crippen LogP contribution in [0.25, 0.3) is 0 Å². The highest BCUT2D eigenvalue weighted by Gasteiger charge is 2.28. The van der Waals surface area contributed by atoms with Crippen LogP contribution in [0.2, 0.25) is 0 Å². The lowest BCUT2D eigenvalue weighted by Crippen LogP contribution is -2.42. The van der Waals surface area contributed by atoms with Gasteiger partial charge < -0.3 is 4.74 Å². The predicted molar refractivity (Wildman–Crippen MR) is 70.1 cm³/mol. The van der Waals surface area contributed by atoms with Gasteiger partial charge in [0.1, 0.15) is 12.2 Å². The molecule has 0 radical (unpaired) electrons. The number of sulfone groups is 1. The van der Waals surface area contributed by atoms with Crippen LogP contribution < -0.4 is 0 Å². The predicted octanol–water partition coefficient (Wildman–Crippen LogP) is -0.253. The van der Waals surface area contributed by atoms with Crippen LogP contribution in [0.3, 0.4) is 0 Å². The third kappa shape index (κ3) is 3.40. The smallest absolute Gasteiger partial charge is 0.172 e. The summed E-state index contributed by atoms with van der Waals surface area (Å²) in [6.45, 7) is 5.55. The monoisotopic (exact) mass is 286 g/mol. The highest BCUT2D eigenvalue weighted by Crippen LogP contribution is 2.21. The second kappa shape index (κ2) is 5.81. The van der Waals surface area contributed by atoms with E-state index in [4.69, 9.17) is 4.74 Å². The first-order valence-corrected chi connectivity index (χ1v) is 7.76. The molecule has 1 aliphatic rings. The van der Waals surface area contributed by atoms with Crippen molar-refractivity contribution in [3.8, 4) is 0 Å². The number of morpholine rings is 1. The van der Waals surface area contributed by atoms with Crippen molar-refractivity contribution < 1.29 is 13.2 Å². The molecule has 1 unspecified atom stereocenters. The minimum atomic E-state index is -3.18. The normalized spacial score (nSPS) is 21.4. The molecule has 1 atom stereocenters. The molecular weight excluding hydrogens is 268 g/mol. The molecule has 106 valence electrons. The number of nitrogens with zero attached hydrogens (tertiary/aromatic N) is 4. The SMILES string of the molecule is C=CS(=O)(=O)CCN1CCOCC1c1ncnn1C. The van der Waals surface area contributed by atoms with Gasteiger partial charge in [0.05, 0.1) is 25.0 Å². The second-order valence-electron chi connectivity index (χ2n) is 4.40. The Labute approximate surface area is 112 Å². The summed E-state index contributed by atoms with van der Waals surface area (Å²) in [5, 5.41) is 5.04. The van der Waals surface area contributed by atoms with Gasteiger partial charge in [0.2, 0.25) is 0 Å². The van der Waals surface area contributed by atoms with Gasteiger partial charge in [0.15, 0.2) is 9.84 Å². The quantitative estimate of drug-likeness (QED) is 0.742. The zero-order chi connectivity index (χ0) is 13.9. The van der Waals surface area contributed by atoms with E-state index in [2.05, 4.69) is 21.6 Å². The second-order valence-corrected chi connectivity index (χ2v) is 6.47. The molecule has 19 heavy (non-hydrogen) atoms. The molecule has 0 aliphatic carbocycles. The molecular formula is C11H18N4O3S. The third-order valence-electron chi connectivity index (χ3n) is 3.20. The summed E-state index contributed by atoms with van der Waals surface area (Å²) in [6, 6.07) is -0.0544. The van der Waals surface area contributed by atoms with Gasteiger partial charge in [-0.15, -0.1) is 0 Å². The average molecular weight is 286 g/mol. The van der Waals surface area contributed by atoms with Crippen LogP contribution >= 0.6 is 0 Å². The van der Waals surface area contributed by atoms with Gasteiger partial charge in [-0.2, -0.15) is 5.10 Å². The standard InChI is InChI=1S/C11H18N4O3S/c1-3-19(16,17)7-5-15-4-6-18-8-10(15)11-12-9-13-14(11)2/h3,9-10H,1,4-8H2,2H3. The Bertz CT molecular complexity index is 540. The van der Waals surface area contributed by atoms with E-state index >= 15 is 0 Å². The van der Waals surface area contributed by atoms with Gasteiger partial charge in [-0.1, -0.05) is 6.58 Å². The van der Waals surface area contributed by atoms with Gasteiger partial charge in [0, 0.05) is 25.5 Å². The van der Waals surface area contributed by atoms with Crippen molar-refractivity contribution in [2.75, 3.05) is 32.1 Å². The lowest BCUT2D eigenvalue weighted by molar-refractivity contribution is -0.00983. The van der Waals surface area contributed by atoms with Crippen LogP contribution in [0.5, 0.6) is 0 Å². The lowest BCUT2D eigenvalue weighted by Gasteiger charge is -2.34. The van der Waals surface area contributed by atoms with Crippen LogP contribution in [-0.4, -0.2) is 60.1 Å². The van der Waals surface area contributed by atoms with Crippen molar-refractivity contribution in [1.29, 1.82) is 0 Å². The van der Waals surface area contributed by atoms with Gasteiger partial charge in [0.25, 0.3) is 0 Å². The van der Waals surface area contributed by atoms with Gasteiger partial charge in [-0.05, 0) is 0 Å². The van der Waals surface area contributed by atoms with E-state index in [9.17, 15) is 8.42 Å². The Morgan fingerprint density at radius 2 is 2.42 bits per heavy atom. The number of hydrogen-bond acceptors (Lipinski definition) is 6. The van der Waals surface area contributed by atoms with E-state index in [1.165, 1.54) is 6.33 Å². The van der Waals surface area contributed by atoms with Crippen molar-refractivity contribution in [1.82, 2.24) is 19.7 Å². The largest absolute Gasteiger partial charge is 0.378 e. The first-order chi connectivity index (χ1) is 9.03. The summed E-state index contributed by atoms with van der Waals surface area (Å²) < 4.78 is 30.1. The molecule has 2 rings (SSSR count). The van der Waals surface area contributed by atoms with Crippen LogP contribution in [0.4, 0.5) is 0 Å². The number of aryl methyl sites for hydroxylation is 1. The third-order valence-corrected chi connectivity index (χ3v) is 4.46. The molecule has 0 bridgehead atoms. The Hall–Kier alpha value is -1.25. The minimum Gasteiger partial charge on any atom is -0.378 e. The van der Waals surface area contributed by atoms with Crippen LogP contribution in [-0.2, 0) is 21.6 Å². The fourth-order valence-corrected chi connectivity index (χ4v) is 2.73. The summed E-state index contributed by atoms with van der Waals surface area (Å²) in [7, 11) is -1.37. The van der Waals surface area contributed by atoms with Gasteiger partial charge >= 0.3 is 0 Å². The summed E-state index contributed by atoms with van der Waals surface area (Å²) in [6.07, 6.45) is 1.49. The molecule has 1 fully saturated rings. The summed E-state index contributed by atoms with van der Waals surface area (Å²) in [5.41, 5.74) is 0. The molecule has 0 saturated carbocycles. The summed E-state index contributed by atoms with van der Waals surface area (Å²) in [4.78, 5) is 6.28. The number of rotatable bonds is 5. The molecule has 0 amide bonds. The first kappa shape index (κ1) is 14.2. The van der Waals surface area contributed by atoms with E-state index in [-0.39, 0.29) is 11.8 Å². The highest BCUT2D eigenvalue weighted by molar-refractivity contribution is 7.94. The Morgan fingerprint density at radius 3 is 3.05 bits per heavy atom. The van der Waals surface area contributed by atoms with E-state index in [1.54, 1.807) is 4.68 Å². The molecule has 2 heterocycles. The maximum Gasteiger partial charge on any atom is 0.172 e. The van der Waals surface area contributed by atoms with Gasteiger partial charge in [-0.3, -0.25) is 9.58 Å². The molecule has 0 aromatic carbocycles. The highest BCUT2D eigenvalue weighted by atomic mass is 32.2. The zero-order valence-electron chi connectivity index (χ0n) is 10.9. The Morgan fingerprint density at radius 1 is 1.63 bits per heavy atom. The fraction of sp³-hybridized carbons (Fsp3) is 0.636. The average Bonchev–Trinajstić information content (AvgIpc) is 2.83. The van der Waals surface area contributed by atoms with Crippen molar-refractivity contribution >= 4 is 9.84 Å². The molecule has 0 N–H and O–H groups in total. The van der Waals surface area contributed by atoms with E-state index in [1.807, 2.05) is 7.05 Å². The molecule has 8 heteroatoms. The van der Waals surface area contributed by atoms with Crippen molar-refractivity contribution in [3.05, 3.63) is 24.1 Å². The topological polar surface area (TPSA) is 77.3 Å². The fourth-order valence-electron chi connectivity index (χ4n) is 2.08. The van der Waals surface area contributed by atoms with Crippen LogP contribution in [0.1, 0.15) is 11.9 Å². The van der Waals surface area contributed by atoms with Gasteiger partial charge in [-0.25, -0.2) is 13.4 Å². The number of hydrogen-bond donors (Lipinski definition) is 0. The molecule has 1 aliphatic heterocycles. The molecule has 1 aromatic heterocycles. The zero-order valence-corrected chi connectivity index (χ0v) is 11.7. The number of ether oxygens (including phenoxy) is 1.